The van der Waals surface area contributed by atoms with Gasteiger partial charge in [0.2, 0.25) is 0 Å². The largest absolute Gasteiger partial charge is 0.496 e. The molecule has 2 nitrogen and oxygen atoms in total. The molecular formula is C15H15ClFNO. The molecule has 4 heteroatoms. The van der Waals surface area contributed by atoms with Gasteiger partial charge in [-0.3, -0.25) is 4.98 Å². The molecule has 0 aliphatic heterocycles. The Kier molecular flexibility index (Phi) is 4.38. The lowest BCUT2D eigenvalue weighted by Gasteiger charge is -2.14. The zero-order valence-corrected chi connectivity index (χ0v) is 11.6. The van der Waals surface area contributed by atoms with Crippen LogP contribution in [-0.4, -0.2) is 12.1 Å². The van der Waals surface area contributed by atoms with Crippen LogP contribution in [0.5, 0.6) is 5.75 Å². The zero-order valence-electron chi connectivity index (χ0n) is 10.9. The highest BCUT2D eigenvalue weighted by atomic mass is 35.5. The lowest BCUT2D eigenvalue weighted by Crippen LogP contribution is -2.03. The second-order valence-electron chi connectivity index (χ2n) is 4.35. The van der Waals surface area contributed by atoms with Crippen LogP contribution in [0.4, 0.5) is 4.39 Å². The smallest absolute Gasteiger partial charge is 0.131 e. The molecule has 0 aliphatic rings. The Labute approximate surface area is 117 Å². The highest BCUT2D eigenvalue weighted by Gasteiger charge is 2.19. The maximum Gasteiger partial charge on any atom is 0.131 e. The third-order valence-corrected chi connectivity index (χ3v) is 3.28. The van der Waals surface area contributed by atoms with Gasteiger partial charge in [0.1, 0.15) is 11.6 Å². The van der Waals surface area contributed by atoms with Crippen LogP contribution >= 0.6 is 11.6 Å². The monoisotopic (exact) mass is 279 g/mol. The lowest BCUT2D eigenvalue weighted by atomic mass is 10.1. The van der Waals surface area contributed by atoms with Crippen molar-refractivity contribution in [2.45, 2.75) is 18.7 Å². The first kappa shape index (κ1) is 13.8. The summed E-state index contributed by atoms with van der Waals surface area (Å²) in [6.45, 7) is 1.97. The van der Waals surface area contributed by atoms with Gasteiger partial charge in [-0.25, -0.2) is 4.39 Å². The van der Waals surface area contributed by atoms with Crippen LogP contribution in [0.1, 0.15) is 22.2 Å². The fourth-order valence-corrected chi connectivity index (χ4v) is 2.27. The van der Waals surface area contributed by atoms with Crippen LogP contribution in [0.3, 0.4) is 0 Å². The van der Waals surface area contributed by atoms with E-state index in [0.717, 1.165) is 11.3 Å². The molecule has 0 radical (unpaired) electrons. The Morgan fingerprint density at radius 3 is 2.74 bits per heavy atom. The van der Waals surface area contributed by atoms with E-state index in [4.69, 9.17) is 16.3 Å². The van der Waals surface area contributed by atoms with Crippen molar-refractivity contribution >= 4 is 11.6 Å². The average Bonchev–Trinajstić information content (AvgIpc) is 2.40. The molecule has 1 aromatic carbocycles. The quantitative estimate of drug-likeness (QED) is 0.788. The van der Waals surface area contributed by atoms with Gasteiger partial charge in [0.15, 0.2) is 0 Å². The number of halogens is 2. The number of aromatic nitrogens is 1. The van der Waals surface area contributed by atoms with E-state index in [1.54, 1.807) is 18.3 Å². The van der Waals surface area contributed by atoms with Gasteiger partial charge >= 0.3 is 0 Å². The summed E-state index contributed by atoms with van der Waals surface area (Å²) < 4.78 is 19.0. The van der Waals surface area contributed by atoms with Crippen molar-refractivity contribution in [1.29, 1.82) is 0 Å². The minimum atomic E-state index is -0.508. The van der Waals surface area contributed by atoms with Crippen LogP contribution in [-0.2, 0) is 6.42 Å². The van der Waals surface area contributed by atoms with Gasteiger partial charge in [0, 0.05) is 23.9 Å². The van der Waals surface area contributed by atoms with Gasteiger partial charge in [0.05, 0.1) is 12.5 Å². The molecule has 1 aromatic heterocycles. The van der Waals surface area contributed by atoms with E-state index in [1.165, 1.54) is 13.2 Å². The number of pyridine rings is 1. The number of alkyl halides is 1. The molecule has 0 saturated heterocycles. The van der Waals surface area contributed by atoms with E-state index in [1.807, 2.05) is 19.1 Å². The van der Waals surface area contributed by atoms with Crippen LogP contribution in [0.15, 0.2) is 36.5 Å². The van der Waals surface area contributed by atoms with Gasteiger partial charge in [-0.05, 0) is 30.7 Å². The van der Waals surface area contributed by atoms with Crippen molar-refractivity contribution in [3.8, 4) is 5.75 Å². The molecule has 1 unspecified atom stereocenters. The Hall–Kier alpha value is -1.61. The zero-order chi connectivity index (χ0) is 13.8. The molecule has 1 heterocycles. The van der Waals surface area contributed by atoms with Crippen molar-refractivity contribution in [2.24, 2.45) is 0 Å². The predicted octanol–water partition coefficient (Wildman–Crippen LogP) is 4.06. The summed E-state index contributed by atoms with van der Waals surface area (Å²) in [5.74, 6) is 0.110. The highest BCUT2D eigenvalue weighted by molar-refractivity contribution is 6.21. The minimum Gasteiger partial charge on any atom is -0.496 e. The molecule has 100 valence electrons. The van der Waals surface area contributed by atoms with E-state index < -0.39 is 5.38 Å². The highest BCUT2D eigenvalue weighted by Crippen LogP contribution is 2.34. The van der Waals surface area contributed by atoms with Crippen molar-refractivity contribution in [3.05, 3.63) is 59.2 Å². The summed E-state index contributed by atoms with van der Waals surface area (Å²) >= 11 is 6.31. The first-order valence-corrected chi connectivity index (χ1v) is 6.43. The third-order valence-electron chi connectivity index (χ3n) is 2.91. The van der Waals surface area contributed by atoms with Crippen molar-refractivity contribution in [2.75, 3.05) is 7.11 Å². The van der Waals surface area contributed by atoms with Crippen LogP contribution in [0.25, 0.3) is 0 Å². The van der Waals surface area contributed by atoms with Crippen molar-refractivity contribution in [3.63, 3.8) is 0 Å². The van der Waals surface area contributed by atoms with Crippen LogP contribution in [0.2, 0.25) is 0 Å². The molecule has 0 fully saturated rings. The molecule has 0 aliphatic carbocycles. The van der Waals surface area contributed by atoms with Gasteiger partial charge < -0.3 is 4.74 Å². The standard InChI is InChI=1S/C15H15ClFNO/c1-10-6-7-11(18-9-10)8-12(16)15-13(17)4-3-5-14(15)19-2/h3-7,9,12H,8H2,1-2H3. The van der Waals surface area contributed by atoms with E-state index in [-0.39, 0.29) is 5.82 Å². The fraction of sp³-hybridized carbons (Fsp3) is 0.267. The topological polar surface area (TPSA) is 22.1 Å². The Balaban J connectivity index is 2.24. The van der Waals surface area contributed by atoms with Crippen LogP contribution < -0.4 is 4.74 Å². The van der Waals surface area contributed by atoms with Crippen molar-refractivity contribution in [1.82, 2.24) is 4.98 Å². The summed E-state index contributed by atoms with van der Waals surface area (Å²) in [5.41, 5.74) is 2.29. The van der Waals surface area contributed by atoms with Gasteiger partial charge in [-0.1, -0.05) is 12.1 Å². The van der Waals surface area contributed by atoms with E-state index >= 15 is 0 Å². The molecule has 2 aromatic rings. The summed E-state index contributed by atoms with van der Waals surface area (Å²) in [5, 5.41) is -0.508. The van der Waals surface area contributed by atoms with Gasteiger partial charge in [0.25, 0.3) is 0 Å². The molecule has 19 heavy (non-hydrogen) atoms. The number of nitrogens with zero attached hydrogens (tertiary/aromatic N) is 1. The molecule has 0 saturated carbocycles. The first-order chi connectivity index (χ1) is 9.11. The maximum atomic E-state index is 13.9. The number of benzene rings is 1. The molecule has 2 rings (SSSR count). The molecular weight excluding hydrogens is 265 g/mol. The normalized spacial score (nSPS) is 12.2. The molecule has 1 atom stereocenters. The Bertz CT molecular complexity index is 557. The Morgan fingerprint density at radius 1 is 1.32 bits per heavy atom. The molecule has 0 N–H and O–H groups in total. The minimum absolute atomic E-state index is 0.355. The second-order valence-corrected chi connectivity index (χ2v) is 4.88. The number of ether oxygens (including phenoxy) is 1. The fourth-order valence-electron chi connectivity index (χ4n) is 1.90. The number of methoxy groups -OCH3 is 1. The Morgan fingerprint density at radius 2 is 2.11 bits per heavy atom. The first-order valence-electron chi connectivity index (χ1n) is 6.00. The summed E-state index contributed by atoms with van der Waals surface area (Å²) in [6.07, 6.45) is 2.23. The number of hydrogen-bond donors (Lipinski definition) is 0. The SMILES string of the molecule is COc1cccc(F)c1C(Cl)Cc1ccc(C)cn1. The summed E-state index contributed by atoms with van der Waals surface area (Å²) in [6, 6.07) is 8.56. The molecule has 0 bridgehead atoms. The van der Waals surface area contributed by atoms with E-state index in [2.05, 4.69) is 4.98 Å². The molecule has 0 spiro atoms. The molecule has 0 amide bonds. The number of rotatable bonds is 4. The summed E-state index contributed by atoms with van der Waals surface area (Å²) in [4.78, 5) is 4.28. The maximum absolute atomic E-state index is 13.9. The lowest BCUT2D eigenvalue weighted by molar-refractivity contribution is 0.403. The summed E-state index contributed by atoms with van der Waals surface area (Å²) in [7, 11) is 1.51. The van der Waals surface area contributed by atoms with Gasteiger partial charge in [-0.15, -0.1) is 11.6 Å². The van der Waals surface area contributed by atoms with Crippen molar-refractivity contribution < 1.29 is 9.13 Å². The second kappa shape index (κ2) is 6.02. The number of aryl methyl sites for hydroxylation is 1. The van der Waals surface area contributed by atoms with E-state index in [9.17, 15) is 4.39 Å². The average molecular weight is 280 g/mol. The number of hydrogen-bond acceptors (Lipinski definition) is 2. The van der Waals surface area contributed by atoms with E-state index in [0.29, 0.717) is 17.7 Å². The van der Waals surface area contributed by atoms with Gasteiger partial charge in [-0.2, -0.15) is 0 Å². The van der Waals surface area contributed by atoms with Crippen LogP contribution in [0, 0.1) is 12.7 Å². The predicted molar refractivity (Wildman–Crippen MR) is 74.2 cm³/mol. The third kappa shape index (κ3) is 3.24.